The van der Waals surface area contributed by atoms with E-state index in [9.17, 15) is 0 Å². The van der Waals surface area contributed by atoms with Gasteiger partial charge in [-0.05, 0) is 36.3 Å². The van der Waals surface area contributed by atoms with Crippen LogP contribution in [0.1, 0.15) is 11.3 Å². The van der Waals surface area contributed by atoms with E-state index in [1.54, 1.807) is 0 Å². The van der Waals surface area contributed by atoms with Gasteiger partial charge in [0.05, 0.1) is 16.7 Å². The Morgan fingerprint density at radius 1 is 0.667 bits per heavy atom. The Morgan fingerprint density at radius 3 is 2.13 bits per heavy atom. The highest BCUT2D eigenvalue weighted by molar-refractivity contribution is 6.32. The van der Waals surface area contributed by atoms with E-state index in [0.29, 0.717) is 0 Å². The summed E-state index contributed by atoms with van der Waals surface area (Å²) in [6, 6.07) is 28.5. The predicted octanol–water partition coefficient (Wildman–Crippen LogP) is 7.00. The molecule has 1 aliphatic rings. The molecule has 2 nitrogen and oxygen atoms in total. The van der Waals surface area contributed by atoms with E-state index >= 15 is 0 Å². The summed E-state index contributed by atoms with van der Waals surface area (Å²) in [6.07, 6.45) is 5.59. The molecule has 2 aromatic heterocycles. The molecule has 0 saturated heterocycles. The van der Waals surface area contributed by atoms with Crippen molar-refractivity contribution in [1.29, 1.82) is 0 Å². The first-order chi connectivity index (χ1) is 14.8. The largest absolute Gasteiger partial charge is 0.343 e. The lowest BCUT2D eigenvalue weighted by molar-refractivity contribution is 1.02. The number of nitrogens with zero attached hydrogens (tertiary/aromatic N) is 2. The molecular weight excluding hydrogens is 364 g/mol. The predicted molar refractivity (Wildman–Crippen MR) is 128 cm³/mol. The minimum atomic E-state index is 0.988. The Hall–Kier alpha value is -3.78. The summed E-state index contributed by atoms with van der Waals surface area (Å²) in [4.78, 5) is 0. The summed E-state index contributed by atoms with van der Waals surface area (Å²) in [6.45, 7) is 0. The van der Waals surface area contributed by atoms with Crippen LogP contribution < -0.4 is 0 Å². The molecule has 2 heteroatoms. The Morgan fingerprint density at radius 2 is 1.33 bits per heavy atom. The molecule has 0 radical (unpaired) electrons. The average molecular weight is 384 g/mol. The molecule has 0 aliphatic heterocycles. The molecule has 0 amide bonds. The van der Waals surface area contributed by atoms with Crippen molar-refractivity contribution >= 4 is 49.6 Å². The molecule has 0 fully saturated rings. The third-order valence-electron chi connectivity index (χ3n) is 6.72. The SMILES string of the molecule is Cn1c2ccccc2c2c3c4c(n(-c5ccccc5)c3c3ccccc3c21)C=CC4. The molecular formula is C28H20N2. The molecule has 1 aliphatic carbocycles. The van der Waals surface area contributed by atoms with Crippen LogP contribution >= 0.6 is 0 Å². The van der Waals surface area contributed by atoms with E-state index in [1.807, 2.05) is 0 Å². The molecule has 0 unspecified atom stereocenters. The lowest BCUT2D eigenvalue weighted by Gasteiger charge is -2.12. The van der Waals surface area contributed by atoms with Crippen molar-refractivity contribution in [3.8, 4) is 5.69 Å². The molecule has 4 aromatic carbocycles. The maximum Gasteiger partial charge on any atom is 0.0624 e. The maximum atomic E-state index is 2.47. The van der Waals surface area contributed by atoms with Gasteiger partial charge in [-0.15, -0.1) is 0 Å². The molecule has 0 N–H and O–H groups in total. The Balaban J connectivity index is 1.87. The highest BCUT2D eigenvalue weighted by Crippen LogP contribution is 2.46. The summed E-state index contributed by atoms with van der Waals surface area (Å²) in [5, 5.41) is 6.76. The molecule has 0 bridgehead atoms. The number of fused-ring (bicyclic) bond motifs is 10. The van der Waals surface area contributed by atoms with Crippen molar-refractivity contribution in [1.82, 2.24) is 9.13 Å². The average Bonchev–Trinajstić information content (AvgIpc) is 3.47. The molecule has 142 valence electrons. The maximum absolute atomic E-state index is 2.47. The summed E-state index contributed by atoms with van der Waals surface area (Å²) >= 11 is 0. The van der Waals surface area contributed by atoms with Crippen LogP contribution in [0.5, 0.6) is 0 Å². The second-order valence-corrected chi connectivity index (χ2v) is 8.21. The van der Waals surface area contributed by atoms with Crippen molar-refractivity contribution in [2.24, 2.45) is 7.05 Å². The van der Waals surface area contributed by atoms with Crippen LogP contribution in [0.15, 0.2) is 84.9 Å². The van der Waals surface area contributed by atoms with Gasteiger partial charge >= 0.3 is 0 Å². The number of aryl methyl sites for hydroxylation is 1. The van der Waals surface area contributed by atoms with Crippen LogP contribution in [0.3, 0.4) is 0 Å². The fourth-order valence-electron chi connectivity index (χ4n) is 5.54. The standard InChI is InChI=1S/C28H20N2/c1-29-23-16-8-7-14-21(23)25-26-22-15-9-17-24(22)30(18-10-3-2-4-11-18)28(26)20-13-6-5-12-19(20)27(25)29/h2-14,16-17H,15H2,1H3. The van der Waals surface area contributed by atoms with E-state index in [0.717, 1.165) is 6.42 Å². The van der Waals surface area contributed by atoms with Crippen LogP contribution in [0.25, 0.3) is 55.2 Å². The van der Waals surface area contributed by atoms with Gasteiger partial charge in [0, 0.05) is 45.2 Å². The third-order valence-corrected chi connectivity index (χ3v) is 6.72. The topological polar surface area (TPSA) is 9.86 Å². The van der Waals surface area contributed by atoms with Gasteiger partial charge in [0.15, 0.2) is 0 Å². The van der Waals surface area contributed by atoms with E-state index in [4.69, 9.17) is 0 Å². The van der Waals surface area contributed by atoms with E-state index in [1.165, 1.54) is 60.4 Å². The highest BCUT2D eigenvalue weighted by Gasteiger charge is 2.25. The molecule has 0 spiro atoms. The zero-order valence-corrected chi connectivity index (χ0v) is 16.8. The lowest BCUT2D eigenvalue weighted by Crippen LogP contribution is -1.97. The van der Waals surface area contributed by atoms with Crippen molar-refractivity contribution in [2.45, 2.75) is 6.42 Å². The third kappa shape index (κ3) is 1.84. The second-order valence-electron chi connectivity index (χ2n) is 8.21. The van der Waals surface area contributed by atoms with Crippen LogP contribution in [0.2, 0.25) is 0 Å². The lowest BCUT2D eigenvalue weighted by atomic mass is 9.98. The molecule has 0 atom stereocenters. The molecule has 7 rings (SSSR count). The van der Waals surface area contributed by atoms with E-state index in [2.05, 4.69) is 107 Å². The van der Waals surface area contributed by atoms with Crippen molar-refractivity contribution < 1.29 is 0 Å². The molecule has 6 aromatic rings. The van der Waals surface area contributed by atoms with Gasteiger partial charge < -0.3 is 9.13 Å². The van der Waals surface area contributed by atoms with Gasteiger partial charge in [0.25, 0.3) is 0 Å². The van der Waals surface area contributed by atoms with Crippen molar-refractivity contribution in [3.63, 3.8) is 0 Å². The highest BCUT2D eigenvalue weighted by atomic mass is 15.0. The number of para-hydroxylation sites is 2. The second kappa shape index (κ2) is 5.64. The Labute approximate surface area is 174 Å². The number of allylic oxidation sites excluding steroid dienone is 1. The van der Waals surface area contributed by atoms with Gasteiger partial charge in [-0.1, -0.05) is 66.7 Å². The van der Waals surface area contributed by atoms with Crippen LogP contribution in [0.4, 0.5) is 0 Å². The zero-order chi connectivity index (χ0) is 19.8. The van der Waals surface area contributed by atoms with E-state index < -0.39 is 0 Å². The first-order valence-electron chi connectivity index (χ1n) is 10.5. The minimum absolute atomic E-state index is 0.988. The van der Waals surface area contributed by atoms with Gasteiger partial charge in [-0.2, -0.15) is 0 Å². The minimum Gasteiger partial charge on any atom is -0.343 e. The number of benzene rings is 4. The number of hydrogen-bond donors (Lipinski definition) is 0. The zero-order valence-electron chi connectivity index (χ0n) is 16.8. The smallest absolute Gasteiger partial charge is 0.0624 e. The Bertz CT molecular complexity index is 1660. The summed E-state index contributed by atoms with van der Waals surface area (Å²) in [5.74, 6) is 0. The normalized spacial score (nSPS) is 13.2. The molecule has 30 heavy (non-hydrogen) atoms. The summed E-state index contributed by atoms with van der Waals surface area (Å²) < 4.78 is 4.85. The fourth-order valence-corrected chi connectivity index (χ4v) is 5.54. The van der Waals surface area contributed by atoms with Gasteiger partial charge in [-0.3, -0.25) is 0 Å². The first kappa shape index (κ1) is 16.1. The van der Waals surface area contributed by atoms with Crippen molar-refractivity contribution in [3.05, 3.63) is 96.2 Å². The van der Waals surface area contributed by atoms with Gasteiger partial charge in [0.1, 0.15) is 0 Å². The van der Waals surface area contributed by atoms with Crippen molar-refractivity contribution in [2.75, 3.05) is 0 Å². The molecule has 0 saturated carbocycles. The van der Waals surface area contributed by atoms with Crippen LogP contribution in [0, 0.1) is 0 Å². The summed E-state index contributed by atoms with van der Waals surface area (Å²) in [7, 11) is 2.20. The monoisotopic (exact) mass is 384 g/mol. The number of aromatic nitrogens is 2. The van der Waals surface area contributed by atoms with E-state index in [-0.39, 0.29) is 0 Å². The van der Waals surface area contributed by atoms with Crippen LogP contribution in [-0.4, -0.2) is 9.13 Å². The van der Waals surface area contributed by atoms with Gasteiger partial charge in [-0.25, -0.2) is 0 Å². The van der Waals surface area contributed by atoms with Gasteiger partial charge in [0.2, 0.25) is 0 Å². The number of hydrogen-bond acceptors (Lipinski definition) is 0. The number of rotatable bonds is 1. The van der Waals surface area contributed by atoms with Crippen LogP contribution in [-0.2, 0) is 13.5 Å². The first-order valence-corrected chi connectivity index (χ1v) is 10.5. The Kier molecular flexibility index (Phi) is 3.02. The molecule has 2 heterocycles. The summed E-state index contributed by atoms with van der Waals surface area (Å²) in [5.41, 5.74) is 7.94. The quantitative estimate of drug-likeness (QED) is 0.289. The fraction of sp³-hybridized carbons (Fsp3) is 0.0714.